The van der Waals surface area contributed by atoms with Gasteiger partial charge in [-0.05, 0) is 40.0 Å². The minimum absolute atomic E-state index is 0.0603. The number of aromatic nitrogens is 2. The van der Waals surface area contributed by atoms with Crippen molar-refractivity contribution in [3.8, 4) is 0 Å². The second-order valence-electron chi connectivity index (χ2n) is 6.28. The molecule has 0 bridgehead atoms. The molecule has 0 aliphatic rings. The van der Waals surface area contributed by atoms with E-state index in [2.05, 4.69) is 15.7 Å². The maximum Gasteiger partial charge on any atom is 0.241 e. The van der Waals surface area contributed by atoms with Gasteiger partial charge in [-0.3, -0.25) is 19.2 Å². The summed E-state index contributed by atoms with van der Waals surface area (Å²) in [5.41, 5.74) is 2.89. The summed E-state index contributed by atoms with van der Waals surface area (Å²) < 4.78 is 1.72. The first kappa shape index (κ1) is 19.9. The first-order valence-electron chi connectivity index (χ1n) is 8.26. The Morgan fingerprint density at radius 1 is 1.27 bits per heavy atom. The number of anilines is 2. The molecule has 1 atom stereocenters. The van der Waals surface area contributed by atoms with Crippen LogP contribution in [0, 0.1) is 13.8 Å². The summed E-state index contributed by atoms with van der Waals surface area (Å²) >= 11 is 6.04. The van der Waals surface area contributed by atoms with Crippen molar-refractivity contribution in [3.05, 3.63) is 40.7 Å². The average molecular weight is 378 g/mol. The third-order valence-corrected chi connectivity index (χ3v) is 4.67. The van der Waals surface area contributed by atoms with Crippen LogP contribution >= 0.6 is 11.6 Å². The molecule has 26 heavy (non-hydrogen) atoms. The van der Waals surface area contributed by atoms with Crippen LogP contribution in [0.2, 0.25) is 5.02 Å². The van der Waals surface area contributed by atoms with E-state index in [9.17, 15) is 9.59 Å². The van der Waals surface area contributed by atoms with Gasteiger partial charge >= 0.3 is 0 Å². The Morgan fingerprint density at radius 2 is 1.92 bits per heavy atom. The molecular formula is C18H24ClN5O2. The number of hydrogen-bond acceptors (Lipinski definition) is 4. The number of halogens is 1. The third-order valence-electron chi connectivity index (χ3n) is 4.34. The zero-order chi connectivity index (χ0) is 19.4. The lowest BCUT2D eigenvalue weighted by atomic mass is 10.2. The van der Waals surface area contributed by atoms with E-state index >= 15 is 0 Å². The van der Waals surface area contributed by atoms with Crippen molar-refractivity contribution >= 4 is 34.8 Å². The van der Waals surface area contributed by atoms with E-state index in [-0.39, 0.29) is 18.4 Å². The van der Waals surface area contributed by atoms with E-state index in [1.165, 1.54) is 0 Å². The fourth-order valence-corrected chi connectivity index (χ4v) is 2.68. The van der Waals surface area contributed by atoms with Crippen LogP contribution in [0.5, 0.6) is 0 Å². The summed E-state index contributed by atoms with van der Waals surface area (Å²) in [6.45, 7) is 5.54. The van der Waals surface area contributed by atoms with E-state index in [4.69, 9.17) is 11.6 Å². The largest absolute Gasteiger partial charge is 0.324 e. The second-order valence-corrected chi connectivity index (χ2v) is 6.68. The van der Waals surface area contributed by atoms with Crippen LogP contribution < -0.4 is 10.6 Å². The Balaban J connectivity index is 1.95. The van der Waals surface area contributed by atoms with Crippen LogP contribution in [0.4, 0.5) is 11.4 Å². The number of para-hydroxylation sites is 1. The maximum atomic E-state index is 12.5. The standard InChI is InChI=1S/C18H24ClN5O2/c1-11-17(12(2)24(5)22-11)21-18(26)13(3)23(4)10-16(25)20-15-9-7-6-8-14(15)19/h6-9,13H,10H2,1-5H3,(H,20,25)(H,21,26)/t13-/m1/s1. The minimum Gasteiger partial charge on any atom is -0.324 e. The van der Waals surface area contributed by atoms with Crippen molar-refractivity contribution < 1.29 is 9.59 Å². The molecule has 2 aromatic rings. The Labute approximate surface area is 158 Å². The maximum absolute atomic E-state index is 12.5. The van der Waals surface area contributed by atoms with Gasteiger partial charge in [0.1, 0.15) is 0 Å². The molecular weight excluding hydrogens is 354 g/mol. The van der Waals surface area contributed by atoms with Gasteiger partial charge in [-0.1, -0.05) is 23.7 Å². The summed E-state index contributed by atoms with van der Waals surface area (Å²) in [5, 5.41) is 10.4. The van der Waals surface area contributed by atoms with Crippen LogP contribution in [0.1, 0.15) is 18.3 Å². The lowest BCUT2D eigenvalue weighted by Gasteiger charge is -2.23. The molecule has 7 nitrogen and oxygen atoms in total. The smallest absolute Gasteiger partial charge is 0.241 e. The number of aryl methyl sites for hydroxylation is 2. The molecule has 0 aliphatic carbocycles. The van der Waals surface area contributed by atoms with E-state index in [1.807, 2.05) is 20.9 Å². The number of likely N-dealkylation sites (N-methyl/N-ethyl adjacent to an activating group) is 1. The Kier molecular flexibility index (Phi) is 6.39. The highest BCUT2D eigenvalue weighted by Gasteiger charge is 2.22. The molecule has 0 unspecified atom stereocenters. The molecule has 0 saturated heterocycles. The van der Waals surface area contributed by atoms with Gasteiger partial charge in [-0.15, -0.1) is 0 Å². The molecule has 0 spiro atoms. The van der Waals surface area contributed by atoms with Gasteiger partial charge in [0.15, 0.2) is 0 Å². The van der Waals surface area contributed by atoms with Crippen LogP contribution in [0.3, 0.4) is 0 Å². The Hall–Kier alpha value is -2.38. The molecule has 1 aromatic heterocycles. The van der Waals surface area contributed by atoms with Crippen molar-refractivity contribution in [2.45, 2.75) is 26.8 Å². The van der Waals surface area contributed by atoms with E-state index in [0.29, 0.717) is 16.4 Å². The van der Waals surface area contributed by atoms with Gasteiger partial charge in [-0.25, -0.2) is 0 Å². The SMILES string of the molecule is Cc1nn(C)c(C)c1NC(=O)[C@@H](C)N(C)CC(=O)Nc1ccccc1Cl. The number of hydrogen-bond donors (Lipinski definition) is 2. The topological polar surface area (TPSA) is 79.3 Å². The van der Waals surface area contributed by atoms with Crippen molar-refractivity contribution in [2.24, 2.45) is 7.05 Å². The quantitative estimate of drug-likeness (QED) is 0.811. The number of benzene rings is 1. The summed E-state index contributed by atoms with van der Waals surface area (Å²) in [7, 11) is 3.55. The zero-order valence-electron chi connectivity index (χ0n) is 15.6. The normalized spacial score (nSPS) is 12.1. The number of nitrogens with zero attached hydrogens (tertiary/aromatic N) is 3. The number of amides is 2. The van der Waals surface area contributed by atoms with Gasteiger partial charge < -0.3 is 10.6 Å². The molecule has 8 heteroatoms. The zero-order valence-corrected chi connectivity index (χ0v) is 16.4. The number of nitrogens with one attached hydrogen (secondary N) is 2. The predicted molar refractivity (Wildman–Crippen MR) is 103 cm³/mol. The Morgan fingerprint density at radius 3 is 2.50 bits per heavy atom. The summed E-state index contributed by atoms with van der Waals surface area (Å²) in [5.74, 6) is -0.439. The van der Waals surface area contributed by atoms with Crippen molar-refractivity contribution in [2.75, 3.05) is 24.2 Å². The van der Waals surface area contributed by atoms with Crippen LogP contribution in [-0.2, 0) is 16.6 Å². The molecule has 2 rings (SSSR count). The van der Waals surface area contributed by atoms with Gasteiger partial charge in [0.25, 0.3) is 0 Å². The first-order chi connectivity index (χ1) is 12.2. The average Bonchev–Trinajstić information content (AvgIpc) is 2.82. The first-order valence-corrected chi connectivity index (χ1v) is 8.64. The molecule has 0 aliphatic heterocycles. The molecule has 2 N–H and O–H groups in total. The molecule has 0 radical (unpaired) electrons. The summed E-state index contributed by atoms with van der Waals surface area (Å²) in [6.07, 6.45) is 0. The van der Waals surface area contributed by atoms with E-state index in [1.54, 1.807) is 47.8 Å². The van der Waals surface area contributed by atoms with Crippen LogP contribution in [-0.4, -0.2) is 46.1 Å². The van der Waals surface area contributed by atoms with Crippen LogP contribution in [0.15, 0.2) is 24.3 Å². The molecule has 2 amide bonds. The lowest BCUT2D eigenvalue weighted by molar-refractivity contribution is -0.122. The highest BCUT2D eigenvalue weighted by molar-refractivity contribution is 6.33. The van der Waals surface area contributed by atoms with Gasteiger partial charge in [0.2, 0.25) is 11.8 Å². The molecule has 1 heterocycles. The molecule has 0 saturated carbocycles. The fraction of sp³-hybridized carbons (Fsp3) is 0.389. The van der Waals surface area contributed by atoms with Crippen molar-refractivity contribution in [1.29, 1.82) is 0 Å². The van der Waals surface area contributed by atoms with E-state index in [0.717, 1.165) is 11.4 Å². The highest BCUT2D eigenvalue weighted by Crippen LogP contribution is 2.21. The van der Waals surface area contributed by atoms with Gasteiger partial charge in [0, 0.05) is 7.05 Å². The van der Waals surface area contributed by atoms with E-state index < -0.39 is 6.04 Å². The molecule has 0 fully saturated rings. The fourth-order valence-electron chi connectivity index (χ4n) is 2.50. The van der Waals surface area contributed by atoms with Crippen LogP contribution in [0.25, 0.3) is 0 Å². The Bertz CT molecular complexity index is 818. The van der Waals surface area contributed by atoms with Gasteiger partial charge in [0.05, 0.1) is 40.4 Å². The monoisotopic (exact) mass is 377 g/mol. The van der Waals surface area contributed by atoms with Crippen molar-refractivity contribution in [1.82, 2.24) is 14.7 Å². The summed E-state index contributed by atoms with van der Waals surface area (Å²) in [4.78, 5) is 26.4. The minimum atomic E-state index is -0.494. The number of carbonyl (C=O) groups excluding carboxylic acids is 2. The second kappa shape index (κ2) is 8.33. The predicted octanol–water partition coefficient (Wildman–Crippen LogP) is 2.59. The lowest BCUT2D eigenvalue weighted by Crippen LogP contribution is -2.43. The summed E-state index contributed by atoms with van der Waals surface area (Å²) in [6, 6.07) is 6.52. The molecule has 1 aromatic carbocycles. The molecule has 140 valence electrons. The third kappa shape index (κ3) is 4.62. The highest BCUT2D eigenvalue weighted by atomic mass is 35.5. The van der Waals surface area contributed by atoms with Crippen molar-refractivity contribution in [3.63, 3.8) is 0 Å². The number of rotatable bonds is 6. The number of carbonyl (C=O) groups is 2. The van der Waals surface area contributed by atoms with Gasteiger partial charge in [-0.2, -0.15) is 5.10 Å².